The third kappa shape index (κ3) is 4.85. The average molecular weight is 311 g/mol. The summed E-state index contributed by atoms with van der Waals surface area (Å²) in [5.74, 6) is -0.182. The summed E-state index contributed by atoms with van der Waals surface area (Å²) in [6, 6.07) is 14.2. The molecule has 5 nitrogen and oxygen atoms in total. The normalized spacial score (nSPS) is 10.1. The minimum atomic E-state index is -0.218. The van der Waals surface area contributed by atoms with Crippen LogP contribution in [0.5, 0.6) is 0 Å². The monoisotopic (exact) mass is 311 g/mol. The van der Waals surface area contributed by atoms with Gasteiger partial charge >= 0.3 is 0 Å². The lowest BCUT2D eigenvalue weighted by Crippen LogP contribution is -2.22. The molecule has 0 unspecified atom stereocenters. The van der Waals surface area contributed by atoms with Crippen molar-refractivity contribution >= 4 is 23.2 Å². The first kappa shape index (κ1) is 16.5. The van der Waals surface area contributed by atoms with Crippen LogP contribution in [0.25, 0.3) is 0 Å². The summed E-state index contributed by atoms with van der Waals surface area (Å²) in [5, 5.41) is 5.62. The maximum absolute atomic E-state index is 12.2. The fourth-order valence-electron chi connectivity index (χ4n) is 2.10. The van der Waals surface area contributed by atoms with Gasteiger partial charge in [0.25, 0.3) is 5.91 Å². The van der Waals surface area contributed by atoms with E-state index in [9.17, 15) is 9.59 Å². The maximum atomic E-state index is 12.2. The number of rotatable bonds is 6. The van der Waals surface area contributed by atoms with E-state index in [4.69, 9.17) is 5.73 Å². The summed E-state index contributed by atoms with van der Waals surface area (Å²) < 4.78 is 0. The molecule has 2 amide bonds. The number of carbonyl (C=O) groups is 2. The Kier molecular flexibility index (Phi) is 5.74. The van der Waals surface area contributed by atoms with Crippen LogP contribution in [0.4, 0.5) is 11.4 Å². The number of para-hydroxylation sites is 2. The minimum absolute atomic E-state index is 0.0360. The molecule has 0 heterocycles. The summed E-state index contributed by atoms with van der Waals surface area (Å²) in [6.07, 6.45) is 1.35. The van der Waals surface area contributed by atoms with Crippen molar-refractivity contribution in [2.45, 2.75) is 26.3 Å². The summed E-state index contributed by atoms with van der Waals surface area (Å²) in [7, 11) is 0. The molecule has 23 heavy (non-hydrogen) atoms. The molecule has 0 aliphatic rings. The first-order chi connectivity index (χ1) is 11.1. The highest BCUT2D eigenvalue weighted by Crippen LogP contribution is 2.18. The second-order valence-corrected chi connectivity index (χ2v) is 5.27. The van der Waals surface area contributed by atoms with Crippen LogP contribution in [0.1, 0.15) is 35.7 Å². The molecule has 0 aliphatic carbocycles. The fourth-order valence-corrected chi connectivity index (χ4v) is 2.10. The number of amides is 2. The summed E-state index contributed by atoms with van der Waals surface area (Å²) in [5.41, 5.74) is 8.41. The molecule has 0 fully saturated rings. The molecule has 120 valence electrons. The molecule has 0 atom stereocenters. The van der Waals surface area contributed by atoms with Crippen LogP contribution >= 0.6 is 0 Å². The smallest absolute Gasteiger partial charge is 0.255 e. The predicted octanol–water partition coefficient (Wildman–Crippen LogP) is 2.94. The van der Waals surface area contributed by atoms with Gasteiger partial charge in [0, 0.05) is 18.5 Å². The van der Waals surface area contributed by atoms with Crippen molar-refractivity contribution in [3.8, 4) is 0 Å². The molecular formula is C18H21N3O2. The van der Waals surface area contributed by atoms with Gasteiger partial charge in [-0.3, -0.25) is 9.59 Å². The maximum Gasteiger partial charge on any atom is 0.255 e. The van der Waals surface area contributed by atoms with Crippen molar-refractivity contribution in [1.29, 1.82) is 0 Å². The topological polar surface area (TPSA) is 84.2 Å². The second kappa shape index (κ2) is 7.98. The van der Waals surface area contributed by atoms with Gasteiger partial charge in [-0.15, -0.1) is 0 Å². The first-order valence-electron chi connectivity index (χ1n) is 7.61. The minimum Gasteiger partial charge on any atom is -0.397 e. The van der Waals surface area contributed by atoms with Crippen molar-refractivity contribution in [3.63, 3.8) is 0 Å². The van der Waals surface area contributed by atoms with E-state index in [1.807, 2.05) is 31.2 Å². The number of nitrogen functional groups attached to an aromatic ring is 1. The average Bonchev–Trinajstić information content (AvgIpc) is 2.56. The number of anilines is 2. The quantitative estimate of drug-likeness (QED) is 0.717. The van der Waals surface area contributed by atoms with Crippen LogP contribution in [0.2, 0.25) is 0 Å². The molecule has 0 aliphatic heterocycles. The Hall–Kier alpha value is -2.82. The van der Waals surface area contributed by atoms with Gasteiger partial charge in [-0.2, -0.15) is 0 Å². The standard InChI is InChI=1S/C18H21N3O2/c1-2-5-17(22)20-12-13-8-10-14(11-9-13)18(23)21-16-7-4-3-6-15(16)19/h3-4,6-11H,2,5,12,19H2,1H3,(H,20,22)(H,21,23). The van der Waals surface area contributed by atoms with Crippen molar-refractivity contribution < 1.29 is 9.59 Å². The Morgan fingerprint density at radius 1 is 1.04 bits per heavy atom. The predicted molar refractivity (Wildman–Crippen MR) is 92.0 cm³/mol. The summed E-state index contributed by atoms with van der Waals surface area (Å²) in [4.78, 5) is 23.6. The lowest BCUT2D eigenvalue weighted by Gasteiger charge is -2.09. The van der Waals surface area contributed by atoms with E-state index in [1.165, 1.54) is 0 Å². The van der Waals surface area contributed by atoms with Gasteiger partial charge in [-0.25, -0.2) is 0 Å². The van der Waals surface area contributed by atoms with Gasteiger partial charge in [0.1, 0.15) is 0 Å². The van der Waals surface area contributed by atoms with Crippen LogP contribution in [0.15, 0.2) is 48.5 Å². The molecule has 0 bridgehead atoms. The molecule has 2 aromatic carbocycles. The molecular weight excluding hydrogens is 290 g/mol. The van der Waals surface area contributed by atoms with E-state index in [2.05, 4.69) is 10.6 Å². The number of nitrogens with one attached hydrogen (secondary N) is 2. The van der Waals surface area contributed by atoms with Gasteiger partial charge in [0.2, 0.25) is 5.91 Å². The zero-order valence-electron chi connectivity index (χ0n) is 13.1. The van der Waals surface area contributed by atoms with Gasteiger partial charge in [0.05, 0.1) is 11.4 Å². The number of nitrogens with two attached hydrogens (primary N) is 1. The largest absolute Gasteiger partial charge is 0.397 e. The van der Waals surface area contributed by atoms with Gasteiger partial charge < -0.3 is 16.4 Å². The molecule has 0 aromatic heterocycles. The Balaban J connectivity index is 1.95. The van der Waals surface area contributed by atoms with E-state index in [0.29, 0.717) is 29.9 Å². The fraction of sp³-hybridized carbons (Fsp3) is 0.222. The van der Waals surface area contributed by atoms with Crippen LogP contribution in [0.3, 0.4) is 0 Å². The van der Waals surface area contributed by atoms with Crippen molar-refractivity contribution in [2.24, 2.45) is 0 Å². The number of carbonyl (C=O) groups excluding carboxylic acids is 2. The Bertz CT molecular complexity index is 681. The van der Waals surface area contributed by atoms with Crippen molar-refractivity contribution in [3.05, 3.63) is 59.7 Å². The molecule has 4 N–H and O–H groups in total. The van der Waals surface area contributed by atoms with Gasteiger partial charge in [-0.1, -0.05) is 31.2 Å². The van der Waals surface area contributed by atoms with E-state index in [1.54, 1.807) is 24.3 Å². The molecule has 5 heteroatoms. The number of hydrogen-bond donors (Lipinski definition) is 3. The zero-order chi connectivity index (χ0) is 16.7. The van der Waals surface area contributed by atoms with Crippen LogP contribution in [0, 0.1) is 0 Å². The van der Waals surface area contributed by atoms with E-state index >= 15 is 0 Å². The highest BCUT2D eigenvalue weighted by atomic mass is 16.2. The molecule has 0 saturated heterocycles. The van der Waals surface area contributed by atoms with Crippen molar-refractivity contribution in [2.75, 3.05) is 11.1 Å². The lowest BCUT2D eigenvalue weighted by atomic mass is 10.1. The SMILES string of the molecule is CCCC(=O)NCc1ccc(C(=O)Nc2ccccc2N)cc1. The zero-order valence-corrected chi connectivity index (χ0v) is 13.1. The Morgan fingerprint density at radius 3 is 2.39 bits per heavy atom. The first-order valence-corrected chi connectivity index (χ1v) is 7.61. The third-order valence-electron chi connectivity index (χ3n) is 3.39. The van der Waals surface area contributed by atoms with Crippen LogP contribution in [-0.4, -0.2) is 11.8 Å². The third-order valence-corrected chi connectivity index (χ3v) is 3.39. The number of benzene rings is 2. The second-order valence-electron chi connectivity index (χ2n) is 5.27. The Labute approximate surface area is 135 Å². The molecule has 0 radical (unpaired) electrons. The summed E-state index contributed by atoms with van der Waals surface area (Å²) in [6.45, 7) is 2.43. The molecule has 2 rings (SSSR count). The summed E-state index contributed by atoms with van der Waals surface area (Å²) >= 11 is 0. The molecule has 0 saturated carbocycles. The van der Waals surface area contributed by atoms with Gasteiger partial charge in [-0.05, 0) is 36.2 Å². The molecule has 0 spiro atoms. The van der Waals surface area contributed by atoms with E-state index in [0.717, 1.165) is 12.0 Å². The highest BCUT2D eigenvalue weighted by Gasteiger charge is 2.08. The van der Waals surface area contributed by atoms with Gasteiger partial charge in [0.15, 0.2) is 0 Å². The van der Waals surface area contributed by atoms with Crippen molar-refractivity contribution in [1.82, 2.24) is 5.32 Å². The molecule has 2 aromatic rings. The van der Waals surface area contributed by atoms with E-state index < -0.39 is 0 Å². The lowest BCUT2D eigenvalue weighted by molar-refractivity contribution is -0.121. The van der Waals surface area contributed by atoms with Crippen LogP contribution in [-0.2, 0) is 11.3 Å². The van der Waals surface area contributed by atoms with E-state index in [-0.39, 0.29) is 11.8 Å². The number of hydrogen-bond acceptors (Lipinski definition) is 3. The van der Waals surface area contributed by atoms with Crippen LogP contribution < -0.4 is 16.4 Å². The Morgan fingerprint density at radius 2 is 1.74 bits per heavy atom. The highest BCUT2D eigenvalue weighted by molar-refractivity contribution is 6.05.